The topological polar surface area (TPSA) is 53.1 Å². The van der Waals surface area contributed by atoms with Gasteiger partial charge in [-0.25, -0.2) is 4.98 Å². The van der Waals surface area contributed by atoms with Gasteiger partial charge < -0.3 is 15.0 Å². The molecule has 0 bridgehead atoms. The molecular weight excluding hydrogens is 250 g/mol. The fourth-order valence-corrected chi connectivity index (χ4v) is 2.46. The number of hydrogen-bond acceptors (Lipinski definition) is 3. The first-order chi connectivity index (χ1) is 9.74. The molecule has 0 aliphatic carbocycles. The molecule has 0 amide bonds. The number of methoxy groups -OCH3 is 1. The van der Waals surface area contributed by atoms with Crippen molar-refractivity contribution in [3.63, 3.8) is 0 Å². The lowest BCUT2D eigenvalue weighted by Crippen LogP contribution is -2.18. The van der Waals surface area contributed by atoms with Crippen LogP contribution in [0.5, 0.6) is 5.75 Å². The molecule has 20 heavy (non-hydrogen) atoms. The molecule has 108 valence electrons. The maximum absolute atomic E-state index is 5.92. The molecule has 0 spiro atoms. The van der Waals surface area contributed by atoms with Crippen molar-refractivity contribution in [3.05, 3.63) is 48.0 Å². The number of hydrogen-bond donors (Lipinski definition) is 1. The average Bonchev–Trinajstić information content (AvgIpc) is 2.89. The molecule has 4 heteroatoms. The van der Waals surface area contributed by atoms with Crippen LogP contribution >= 0.6 is 0 Å². The van der Waals surface area contributed by atoms with Crippen LogP contribution in [0.4, 0.5) is 0 Å². The minimum absolute atomic E-state index is 0.447. The molecule has 4 nitrogen and oxygen atoms in total. The smallest absolute Gasteiger partial charge is 0.122 e. The van der Waals surface area contributed by atoms with Crippen molar-refractivity contribution in [2.24, 2.45) is 18.7 Å². The summed E-state index contributed by atoms with van der Waals surface area (Å²) in [6.07, 6.45) is 6.77. The van der Waals surface area contributed by atoms with E-state index in [2.05, 4.69) is 15.6 Å². The van der Waals surface area contributed by atoms with Gasteiger partial charge in [-0.15, -0.1) is 0 Å². The second-order valence-corrected chi connectivity index (χ2v) is 5.11. The Morgan fingerprint density at radius 3 is 2.80 bits per heavy atom. The molecule has 0 aliphatic heterocycles. The second kappa shape index (κ2) is 7.10. The number of para-hydroxylation sites is 1. The van der Waals surface area contributed by atoms with Gasteiger partial charge in [-0.1, -0.05) is 18.2 Å². The fraction of sp³-hybridized carbons (Fsp3) is 0.438. The number of ether oxygens (including phenoxy) is 1. The van der Waals surface area contributed by atoms with Gasteiger partial charge in [-0.05, 0) is 36.9 Å². The summed E-state index contributed by atoms with van der Waals surface area (Å²) in [5.41, 5.74) is 7.15. The Balaban J connectivity index is 1.97. The Morgan fingerprint density at radius 1 is 1.35 bits per heavy atom. The minimum atomic E-state index is 0.447. The van der Waals surface area contributed by atoms with Crippen molar-refractivity contribution in [3.8, 4) is 5.75 Å². The quantitative estimate of drug-likeness (QED) is 0.841. The first-order valence-electron chi connectivity index (χ1n) is 7.02. The lowest BCUT2D eigenvalue weighted by molar-refractivity contribution is 0.401. The Labute approximate surface area is 120 Å². The van der Waals surface area contributed by atoms with E-state index < -0.39 is 0 Å². The van der Waals surface area contributed by atoms with E-state index in [4.69, 9.17) is 10.5 Å². The normalized spacial score (nSPS) is 12.3. The molecule has 2 N–H and O–H groups in total. The van der Waals surface area contributed by atoms with Crippen LogP contribution in [-0.4, -0.2) is 23.2 Å². The first-order valence-corrected chi connectivity index (χ1v) is 7.02. The summed E-state index contributed by atoms with van der Waals surface area (Å²) < 4.78 is 7.47. The summed E-state index contributed by atoms with van der Waals surface area (Å²) in [4.78, 5) is 4.36. The highest BCUT2D eigenvalue weighted by Gasteiger charge is 2.12. The third-order valence-corrected chi connectivity index (χ3v) is 3.73. The molecule has 0 fully saturated rings. The molecule has 1 aromatic carbocycles. The molecule has 1 unspecified atom stereocenters. The van der Waals surface area contributed by atoms with Crippen molar-refractivity contribution in [2.75, 3.05) is 13.7 Å². The maximum atomic E-state index is 5.92. The number of aryl methyl sites for hydroxylation is 2. The zero-order valence-corrected chi connectivity index (χ0v) is 12.2. The van der Waals surface area contributed by atoms with Gasteiger partial charge in [-0.3, -0.25) is 0 Å². The van der Waals surface area contributed by atoms with Crippen LogP contribution in [0.15, 0.2) is 36.7 Å². The van der Waals surface area contributed by atoms with Gasteiger partial charge in [-0.2, -0.15) is 0 Å². The van der Waals surface area contributed by atoms with E-state index in [-0.39, 0.29) is 0 Å². The van der Waals surface area contributed by atoms with Gasteiger partial charge in [0.25, 0.3) is 0 Å². The Morgan fingerprint density at radius 2 is 2.15 bits per heavy atom. The summed E-state index contributed by atoms with van der Waals surface area (Å²) >= 11 is 0. The van der Waals surface area contributed by atoms with Gasteiger partial charge >= 0.3 is 0 Å². The van der Waals surface area contributed by atoms with Crippen LogP contribution in [-0.2, 0) is 19.9 Å². The van der Waals surface area contributed by atoms with Crippen molar-refractivity contribution >= 4 is 0 Å². The number of benzene rings is 1. The SMILES string of the molecule is COc1ccccc1CC(CN)CCc1nccn1C. The molecular formula is C16H23N3O. The molecule has 0 radical (unpaired) electrons. The van der Waals surface area contributed by atoms with Crippen LogP contribution in [0.3, 0.4) is 0 Å². The number of nitrogens with zero attached hydrogens (tertiary/aromatic N) is 2. The third-order valence-electron chi connectivity index (χ3n) is 3.73. The number of nitrogens with two attached hydrogens (primary N) is 1. The van der Waals surface area contributed by atoms with Crippen molar-refractivity contribution in [1.82, 2.24) is 9.55 Å². The Bertz CT molecular complexity index is 536. The van der Waals surface area contributed by atoms with E-state index in [9.17, 15) is 0 Å². The van der Waals surface area contributed by atoms with Gasteiger partial charge in [0.2, 0.25) is 0 Å². The van der Waals surface area contributed by atoms with Gasteiger partial charge in [0.1, 0.15) is 11.6 Å². The molecule has 1 heterocycles. The maximum Gasteiger partial charge on any atom is 0.122 e. The predicted octanol–water partition coefficient (Wildman–Crippen LogP) is 2.18. The monoisotopic (exact) mass is 273 g/mol. The third kappa shape index (κ3) is 3.61. The van der Waals surface area contributed by atoms with E-state index >= 15 is 0 Å². The average molecular weight is 273 g/mol. The number of rotatable bonds is 7. The molecule has 2 rings (SSSR count). The van der Waals surface area contributed by atoms with Crippen molar-refractivity contribution in [2.45, 2.75) is 19.3 Å². The number of aromatic nitrogens is 2. The standard InChI is InChI=1S/C16H23N3O/c1-19-10-9-18-16(19)8-7-13(12-17)11-14-5-3-4-6-15(14)20-2/h3-6,9-10,13H,7-8,11-12,17H2,1-2H3. The molecule has 1 atom stereocenters. The van der Waals surface area contributed by atoms with E-state index in [0.29, 0.717) is 12.5 Å². The van der Waals surface area contributed by atoms with Crippen molar-refractivity contribution < 1.29 is 4.74 Å². The van der Waals surface area contributed by atoms with Crippen LogP contribution in [0.1, 0.15) is 17.8 Å². The molecule has 0 saturated carbocycles. The van der Waals surface area contributed by atoms with Crippen LogP contribution in [0.25, 0.3) is 0 Å². The zero-order valence-electron chi connectivity index (χ0n) is 12.2. The highest BCUT2D eigenvalue weighted by Crippen LogP contribution is 2.22. The highest BCUT2D eigenvalue weighted by molar-refractivity contribution is 5.33. The van der Waals surface area contributed by atoms with E-state index in [0.717, 1.165) is 30.8 Å². The summed E-state index contributed by atoms with van der Waals surface area (Å²) in [5, 5.41) is 0. The van der Waals surface area contributed by atoms with Gasteiger partial charge in [0.05, 0.1) is 7.11 Å². The molecule has 2 aromatic rings. The molecule has 0 saturated heterocycles. The Kier molecular flexibility index (Phi) is 5.18. The van der Waals surface area contributed by atoms with E-state index in [1.807, 2.05) is 37.6 Å². The molecule has 1 aromatic heterocycles. The van der Waals surface area contributed by atoms with Gasteiger partial charge in [0, 0.05) is 25.9 Å². The lowest BCUT2D eigenvalue weighted by Gasteiger charge is -2.16. The summed E-state index contributed by atoms with van der Waals surface area (Å²) in [5.74, 6) is 2.51. The van der Waals surface area contributed by atoms with Crippen LogP contribution in [0, 0.1) is 5.92 Å². The highest BCUT2D eigenvalue weighted by atomic mass is 16.5. The summed E-state index contributed by atoms with van der Waals surface area (Å²) in [6, 6.07) is 8.15. The lowest BCUT2D eigenvalue weighted by atomic mass is 9.94. The van der Waals surface area contributed by atoms with Crippen LogP contribution < -0.4 is 10.5 Å². The van der Waals surface area contributed by atoms with E-state index in [1.165, 1.54) is 5.56 Å². The largest absolute Gasteiger partial charge is 0.496 e. The van der Waals surface area contributed by atoms with Crippen molar-refractivity contribution in [1.29, 1.82) is 0 Å². The second-order valence-electron chi connectivity index (χ2n) is 5.11. The van der Waals surface area contributed by atoms with Crippen LogP contribution in [0.2, 0.25) is 0 Å². The minimum Gasteiger partial charge on any atom is -0.496 e. The number of imidazole rings is 1. The Hall–Kier alpha value is -1.81. The first kappa shape index (κ1) is 14.6. The summed E-state index contributed by atoms with van der Waals surface area (Å²) in [7, 11) is 3.74. The fourth-order valence-electron chi connectivity index (χ4n) is 2.46. The summed E-state index contributed by atoms with van der Waals surface area (Å²) in [6.45, 7) is 0.683. The zero-order chi connectivity index (χ0) is 14.4. The predicted molar refractivity (Wildman–Crippen MR) is 80.8 cm³/mol. The van der Waals surface area contributed by atoms with E-state index in [1.54, 1.807) is 7.11 Å². The van der Waals surface area contributed by atoms with Gasteiger partial charge in [0.15, 0.2) is 0 Å². The molecule has 0 aliphatic rings.